The fraction of sp³-hybridized carbons (Fsp3) is 0.619. The normalized spacial score (nSPS) is 32.9. The number of carbonyl (C=O) groups is 1. The van der Waals surface area contributed by atoms with Crippen molar-refractivity contribution >= 4 is 5.91 Å². The molecule has 4 fully saturated rings. The van der Waals surface area contributed by atoms with Crippen LogP contribution < -0.4 is 5.32 Å². The van der Waals surface area contributed by atoms with Crippen molar-refractivity contribution in [1.82, 2.24) is 25.1 Å². The van der Waals surface area contributed by atoms with Gasteiger partial charge in [0, 0.05) is 29.9 Å². The molecular formula is C21H25N5O2. The molecule has 1 N–H and O–H groups in total. The minimum atomic E-state index is -0.0286. The molecule has 1 amide bonds. The molecule has 7 rings (SSSR count). The van der Waals surface area contributed by atoms with Gasteiger partial charge in [-0.25, -0.2) is 9.67 Å². The molecule has 2 unspecified atom stereocenters. The molecule has 2 atom stereocenters. The van der Waals surface area contributed by atoms with Crippen molar-refractivity contribution in [2.45, 2.75) is 75.5 Å². The Morgan fingerprint density at radius 3 is 2.71 bits per heavy atom. The van der Waals surface area contributed by atoms with Gasteiger partial charge in [-0.15, -0.1) is 0 Å². The van der Waals surface area contributed by atoms with Gasteiger partial charge in [0.2, 0.25) is 0 Å². The van der Waals surface area contributed by atoms with E-state index in [1.54, 1.807) is 23.3 Å². The van der Waals surface area contributed by atoms with Gasteiger partial charge in [-0.2, -0.15) is 5.10 Å². The number of nitrogens with one attached hydrogen (secondary N) is 1. The number of carbonyl (C=O) groups excluding carboxylic acids is 1. The first-order valence-corrected chi connectivity index (χ1v) is 10.6. The van der Waals surface area contributed by atoms with Gasteiger partial charge in [-0.3, -0.25) is 9.78 Å². The van der Waals surface area contributed by atoms with Crippen LogP contribution in [-0.4, -0.2) is 37.3 Å². The van der Waals surface area contributed by atoms with E-state index in [4.69, 9.17) is 9.84 Å². The second-order valence-corrected chi connectivity index (χ2v) is 8.93. The van der Waals surface area contributed by atoms with Gasteiger partial charge in [0.05, 0.1) is 18.0 Å². The predicted octanol–water partition coefficient (Wildman–Crippen LogP) is 2.89. The molecular weight excluding hydrogens is 354 g/mol. The van der Waals surface area contributed by atoms with E-state index in [1.807, 2.05) is 0 Å². The minimum Gasteiger partial charge on any atom is -0.368 e. The number of rotatable bonds is 3. The Bertz CT molecular complexity index is 903. The molecule has 4 bridgehead atoms. The Morgan fingerprint density at radius 1 is 1.14 bits per heavy atom. The lowest BCUT2D eigenvalue weighted by molar-refractivity contribution is 0.0284. The summed E-state index contributed by atoms with van der Waals surface area (Å²) in [5, 5.41) is 8.16. The summed E-state index contributed by atoms with van der Waals surface area (Å²) in [4.78, 5) is 22.0. The molecule has 2 aliphatic heterocycles. The monoisotopic (exact) mass is 379 g/mol. The van der Waals surface area contributed by atoms with E-state index in [0.29, 0.717) is 11.5 Å². The van der Waals surface area contributed by atoms with E-state index < -0.39 is 0 Å². The maximum absolute atomic E-state index is 13.4. The highest BCUT2D eigenvalue weighted by Crippen LogP contribution is 2.45. The average molecular weight is 379 g/mol. The van der Waals surface area contributed by atoms with Gasteiger partial charge in [-0.05, 0) is 57.3 Å². The third kappa shape index (κ3) is 2.52. The van der Waals surface area contributed by atoms with Gasteiger partial charge in [0.15, 0.2) is 11.5 Å². The van der Waals surface area contributed by atoms with Gasteiger partial charge in [0.25, 0.3) is 5.91 Å². The van der Waals surface area contributed by atoms with Crippen LogP contribution in [0.15, 0.2) is 18.6 Å². The first kappa shape index (κ1) is 16.7. The number of aromatic nitrogens is 4. The van der Waals surface area contributed by atoms with E-state index >= 15 is 0 Å². The SMILES string of the molecule is O=C(NC12CCC(CC1)CC2)c1nn(-c2cnccn2)c2c1CC1CCC2O1. The molecule has 2 aromatic heterocycles. The summed E-state index contributed by atoms with van der Waals surface area (Å²) in [6.07, 6.45) is 15.0. The Balaban J connectivity index is 1.39. The van der Waals surface area contributed by atoms with Crippen LogP contribution in [-0.2, 0) is 11.2 Å². The fourth-order valence-electron chi connectivity index (χ4n) is 5.77. The Labute approximate surface area is 163 Å². The van der Waals surface area contributed by atoms with Crippen LogP contribution in [0.25, 0.3) is 5.82 Å². The van der Waals surface area contributed by atoms with Crippen LogP contribution in [0, 0.1) is 5.92 Å². The van der Waals surface area contributed by atoms with E-state index in [-0.39, 0.29) is 23.7 Å². The van der Waals surface area contributed by atoms with Crippen molar-refractivity contribution in [1.29, 1.82) is 0 Å². The second-order valence-electron chi connectivity index (χ2n) is 8.93. The summed E-state index contributed by atoms with van der Waals surface area (Å²) < 4.78 is 7.93. The topological polar surface area (TPSA) is 81.9 Å². The molecule has 3 aliphatic carbocycles. The molecule has 0 spiro atoms. The summed E-state index contributed by atoms with van der Waals surface area (Å²) >= 11 is 0. The summed E-state index contributed by atoms with van der Waals surface area (Å²) in [5.41, 5.74) is 2.56. The third-order valence-electron chi connectivity index (χ3n) is 7.32. The highest BCUT2D eigenvalue weighted by Gasteiger charge is 2.44. The Hall–Kier alpha value is -2.28. The molecule has 1 saturated heterocycles. The van der Waals surface area contributed by atoms with Crippen LogP contribution in [0.3, 0.4) is 0 Å². The molecule has 5 aliphatic rings. The van der Waals surface area contributed by atoms with Crippen LogP contribution in [0.1, 0.15) is 79.2 Å². The maximum Gasteiger partial charge on any atom is 0.272 e. The molecule has 7 nitrogen and oxygen atoms in total. The zero-order valence-electron chi connectivity index (χ0n) is 15.9. The van der Waals surface area contributed by atoms with E-state index in [0.717, 1.165) is 55.7 Å². The van der Waals surface area contributed by atoms with E-state index in [9.17, 15) is 4.79 Å². The molecule has 28 heavy (non-hydrogen) atoms. The Morgan fingerprint density at radius 2 is 1.96 bits per heavy atom. The molecule has 2 aromatic rings. The predicted molar refractivity (Wildman–Crippen MR) is 101 cm³/mol. The van der Waals surface area contributed by atoms with Crippen molar-refractivity contribution in [2.75, 3.05) is 0 Å². The largest absolute Gasteiger partial charge is 0.368 e. The van der Waals surface area contributed by atoms with Gasteiger partial charge in [0.1, 0.15) is 6.10 Å². The molecule has 3 saturated carbocycles. The highest BCUT2D eigenvalue weighted by molar-refractivity contribution is 5.94. The zero-order valence-corrected chi connectivity index (χ0v) is 15.9. The Kier molecular flexibility index (Phi) is 3.63. The van der Waals surface area contributed by atoms with Gasteiger partial charge < -0.3 is 10.1 Å². The van der Waals surface area contributed by atoms with Crippen molar-refractivity contribution in [3.8, 4) is 5.82 Å². The lowest BCUT2D eigenvalue weighted by atomic mass is 9.66. The van der Waals surface area contributed by atoms with Crippen molar-refractivity contribution < 1.29 is 9.53 Å². The number of hydrogen-bond donors (Lipinski definition) is 1. The fourth-order valence-corrected chi connectivity index (χ4v) is 5.77. The van der Waals surface area contributed by atoms with Crippen molar-refractivity contribution in [3.05, 3.63) is 35.5 Å². The first-order valence-electron chi connectivity index (χ1n) is 10.6. The van der Waals surface area contributed by atoms with Crippen LogP contribution in [0.5, 0.6) is 0 Å². The van der Waals surface area contributed by atoms with Crippen LogP contribution in [0.2, 0.25) is 0 Å². The third-order valence-corrected chi connectivity index (χ3v) is 7.32. The highest BCUT2D eigenvalue weighted by atomic mass is 16.5. The van der Waals surface area contributed by atoms with Gasteiger partial charge in [-0.1, -0.05) is 0 Å². The van der Waals surface area contributed by atoms with Crippen LogP contribution in [0.4, 0.5) is 0 Å². The molecule has 0 aromatic carbocycles. The minimum absolute atomic E-state index is 0.00640. The summed E-state index contributed by atoms with van der Waals surface area (Å²) in [7, 11) is 0. The van der Waals surface area contributed by atoms with E-state index in [1.165, 1.54) is 19.3 Å². The van der Waals surface area contributed by atoms with Gasteiger partial charge >= 0.3 is 0 Å². The molecule has 4 heterocycles. The molecule has 0 radical (unpaired) electrons. The summed E-state index contributed by atoms with van der Waals surface area (Å²) in [6, 6.07) is 0. The number of amides is 1. The number of hydrogen-bond acceptors (Lipinski definition) is 5. The molecule has 146 valence electrons. The average Bonchev–Trinajstić information content (AvgIpc) is 3.32. The van der Waals surface area contributed by atoms with E-state index in [2.05, 4.69) is 15.3 Å². The maximum atomic E-state index is 13.4. The summed E-state index contributed by atoms with van der Waals surface area (Å²) in [6.45, 7) is 0. The lowest BCUT2D eigenvalue weighted by Gasteiger charge is -2.46. The summed E-state index contributed by atoms with van der Waals surface area (Å²) in [5.74, 6) is 1.49. The number of nitrogens with zero attached hydrogens (tertiary/aromatic N) is 4. The van der Waals surface area contributed by atoms with Crippen LogP contribution >= 0.6 is 0 Å². The first-order chi connectivity index (χ1) is 13.7. The number of ether oxygens (including phenoxy) is 1. The smallest absolute Gasteiger partial charge is 0.272 e. The second kappa shape index (κ2) is 6.11. The number of fused-ring (bicyclic) bond motifs is 7. The lowest BCUT2D eigenvalue weighted by Crippen LogP contribution is -2.54. The standard InChI is InChI=1S/C21H25N5O2/c27-20(24-21-6-3-13(4-7-21)5-8-21)18-15-11-14-1-2-16(28-14)19(15)26(25-18)17-12-22-9-10-23-17/h9-10,12-14,16H,1-8,11H2,(H,24,27). The molecule has 7 heteroatoms. The quantitative estimate of drug-likeness (QED) is 0.887. The van der Waals surface area contributed by atoms with Crippen molar-refractivity contribution in [2.24, 2.45) is 5.92 Å². The van der Waals surface area contributed by atoms with Crippen molar-refractivity contribution in [3.63, 3.8) is 0 Å². The zero-order chi connectivity index (χ0) is 18.7.